The van der Waals surface area contributed by atoms with Crippen LogP contribution in [0, 0.1) is 12.8 Å². The van der Waals surface area contributed by atoms with E-state index in [1.165, 1.54) is 17.5 Å². The van der Waals surface area contributed by atoms with Crippen molar-refractivity contribution in [3.63, 3.8) is 0 Å². The number of carbonyl (C=O) groups is 2. The molecule has 2 fully saturated rings. The summed E-state index contributed by atoms with van der Waals surface area (Å²) in [6, 6.07) is 17.3. The number of hydrogen-bond acceptors (Lipinski definition) is 6. The Bertz CT molecular complexity index is 1250. The Balaban J connectivity index is 1.39. The summed E-state index contributed by atoms with van der Waals surface area (Å²) in [5.41, 5.74) is 3.31. The van der Waals surface area contributed by atoms with Crippen LogP contribution in [0.3, 0.4) is 0 Å². The molecule has 3 aromatic rings. The maximum Gasteiger partial charge on any atom is 0.289 e. The highest BCUT2D eigenvalue weighted by atomic mass is 16.5. The minimum atomic E-state index is -0.398. The fourth-order valence-electron chi connectivity index (χ4n) is 5.54. The number of likely N-dealkylation sites (tertiary alicyclic amines) is 1. The molecule has 0 unspecified atom stereocenters. The average molecular weight is 504 g/mol. The van der Waals surface area contributed by atoms with Crippen molar-refractivity contribution in [1.29, 1.82) is 0 Å². The first-order valence-corrected chi connectivity index (χ1v) is 12.6. The summed E-state index contributed by atoms with van der Waals surface area (Å²) in [4.78, 5) is 33.2. The van der Waals surface area contributed by atoms with Gasteiger partial charge in [-0.05, 0) is 48.9 Å². The van der Waals surface area contributed by atoms with Crippen LogP contribution in [-0.4, -0.2) is 75.1 Å². The minimum Gasteiger partial charge on any atom is -0.497 e. The second-order valence-electron chi connectivity index (χ2n) is 9.61. The van der Waals surface area contributed by atoms with Gasteiger partial charge in [-0.15, -0.1) is 0 Å². The van der Waals surface area contributed by atoms with Gasteiger partial charge in [-0.3, -0.25) is 9.59 Å². The lowest BCUT2D eigenvalue weighted by Crippen LogP contribution is -2.51. The molecule has 2 atom stereocenters. The highest BCUT2D eigenvalue weighted by Gasteiger charge is 2.44. The van der Waals surface area contributed by atoms with Gasteiger partial charge in [-0.2, -0.15) is 0 Å². The summed E-state index contributed by atoms with van der Waals surface area (Å²) in [6.45, 7) is 5.64. The van der Waals surface area contributed by atoms with Gasteiger partial charge in [0.25, 0.3) is 5.91 Å². The number of hydrogen-bond donors (Lipinski definition) is 0. The molecule has 0 spiro atoms. The SMILES string of the molecule is COc1ccc(OC)c([C@@H]2CN(C(=O)c3ccco3)C[C@H]2C(=O)N2CCN(c3ccccc3C)CC2)c1. The van der Waals surface area contributed by atoms with E-state index in [-0.39, 0.29) is 23.5 Å². The number of anilines is 1. The van der Waals surface area contributed by atoms with Gasteiger partial charge in [0.2, 0.25) is 5.91 Å². The molecular weight excluding hydrogens is 470 g/mol. The van der Waals surface area contributed by atoms with E-state index in [2.05, 4.69) is 30.0 Å². The molecule has 0 bridgehead atoms. The van der Waals surface area contributed by atoms with Crippen molar-refractivity contribution in [2.45, 2.75) is 12.8 Å². The van der Waals surface area contributed by atoms with Crippen molar-refractivity contribution in [2.75, 3.05) is 58.4 Å². The predicted molar refractivity (Wildman–Crippen MR) is 140 cm³/mol. The first-order valence-electron chi connectivity index (χ1n) is 12.6. The Morgan fingerprint density at radius 2 is 1.68 bits per heavy atom. The smallest absolute Gasteiger partial charge is 0.289 e. The minimum absolute atomic E-state index is 0.0639. The van der Waals surface area contributed by atoms with E-state index in [4.69, 9.17) is 13.9 Å². The summed E-state index contributed by atoms with van der Waals surface area (Å²) < 4.78 is 16.5. The molecule has 2 amide bonds. The molecule has 2 saturated heterocycles. The lowest BCUT2D eigenvalue weighted by atomic mass is 9.87. The number of para-hydroxylation sites is 1. The molecular formula is C29H33N3O5. The maximum atomic E-state index is 14.0. The number of methoxy groups -OCH3 is 2. The third kappa shape index (κ3) is 4.88. The molecule has 194 valence electrons. The Morgan fingerprint density at radius 1 is 0.892 bits per heavy atom. The van der Waals surface area contributed by atoms with Crippen LogP contribution < -0.4 is 14.4 Å². The van der Waals surface area contributed by atoms with Crippen LogP contribution in [0.25, 0.3) is 0 Å². The molecule has 1 aromatic heterocycles. The standard InChI is InChI=1S/C29H33N3O5/c1-20-7-4-5-8-25(20)30-12-14-31(15-13-30)28(33)24-19-32(29(34)27-9-6-16-37-27)18-23(24)22-17-21(35-2)10-11-26(22)36-3/h4-11,16-17,23-24H,12-15,18-19H2,1-3H3/t23-,24+/m0/s1. The number of piperazine rings is 1. The normalized spacial score (nSPS) is 19.7. The van der Waals surface area contributed by atoms with Gasteiger partial charge in [0.15, 0.2) is 5.76 Å². The molecule has 2 aromatic carbocycles. The van der Waals surface area contributed by atoms with E-state index in [0.29, 0.717) is 37.7 Å². The van der Waals surface area contributed by atoms with E-state index < -0.39 is 5.92 Å². The van der Waals surface area contributed by atoms with E-state index in [9.17, 15) is 9.59 Å². The number of ether oxygens (including phenoxy) is 2. The fourth-order valence-corrected chi connectivity index (χ4v) is 5.54. The largest absolute Gasteiger partial charge is 0.497 e. The summed E-state index contributed by atoms with van der Waals surface area (Å²) in [5, 5.41) is 0. The fraction of sp³-hybridized carbons (Fsp3) is 0.379. The first-order chi connectivity index (χ1) is 18.0. The van der Waals surface area contributed by atoms with Gasteiger partial charge in [0.05, 0.1) is 26.4 Å². The summed E-state index contributed by atoms with van der Waals surface area (Å²) in [5.74, 6) is 0.864. The van der Waals surface area contributed by atoms with Gasteiger partial charge < -0.3 is 28.6 Å². The summed E-state index contributed by atoms with van der Waals surface area (Å²) in [7, 11) is 3.23. The molecule has 5 rings (SSSR count). The van der Waals surface area contributed by atoms with Gasteiger partial charge in [0.1, 0.15) is 11.5 Å². The van der Waals surface area contributed by atoms with Crippen LogP contribution in [0.5, 0.6) is 11.5 Å². The van der Waals surface area contributed by atoms with Gasteiger partial charge >= 0.3 is 0 Å². The summed E-state index contributed by atoms with van der Waals surface area (Å²) >= 11 is 0. The highest BCUT2D eigenvalue weighted by Crippen LogP contribution is 2.41. The van der Waals surface area contributed by atoms with Crippen LogP contribution in [0.2, 0.25) is 0 Å². The molecule has 0 N–H and O–H groups in total. The van der Waals surface area contributed by atoms with Gasteiger partial charge in [-0.25, -0.2) is 0 Å². The molecule has 37 heavy (non-hydrogen) atoms. The second kappa shape index (κ2) is 10.6. The van der Waals surface area contributed by atoms with Crippen LogP contribution in [0.15, 0.2) is 65.3 Å². The Labute approximate surface area is 217 Å². The van der Waals surface area contributed by atoms with Crippen LogP contribution in [0.1, 0.15) is 27.6 Å². The zero-order valence-electron chi connectivity index (χ0n) is 21.6. The van der Waals surface area contributed by atoms with Crippen molar-refractivity contribution in [1.82, 2.24) is 9.80 Å². The number of aryl methyl sites for hydroxylation is 1. The van der Waals surface area contributed by atoms with Gasteiger partial charge in [-0.1, -0.05) is 18.2 Å². The lowest BCUT2D eigenvalue weighted by Gasteiger charge is -2.38. The number of carbonyl (C=O) groups excluding carboxylic acids is 2. The number of nitrogens with zero attached hydrogens (tertiary/aromatic N) is 3. The van der Waals surface area contributed by atoms with E-state index in [0.717, 1.165) is 18.7 Å². The van der Waals surface area contributed by atoms with E-state index in [1.54, 1.807) is 31.3 Å². The molecule has 2 aliphatic heterocycles. The molecule has 0 aliphatic carbocycles. The zero-order chi connectivity index (χ0) is 25.9. The van der Waals surface area contributed by atoms with E-state index in [1.807, 2.05) is 29.2 Å². The first kappa shape index (κ1) is 24.7. The molecule has 0 radical (unpaired) electrons. The maximum absolute atomic E-state index is 14.0. The quantitative estimate of drug-likeness (QED) is 0.509. The van der Waals surface area contributed by atoms with Crippen molar-refractivity contribution in [3.05, 3.63) is 77.7 Å². The van der Waals surface area contributed by atoms with Crippen LogP contribution >= 0.6 is 0 Å². The average Bonchev–Trinajstić information content (AvgIpc) is 3.63. The molecule has 3 heterocycles. The predicted octanol–water partition coefficient (Wildman–Crippen LogP) is 3.81. The third-order valence-corrected chi connectivity index (χ3v) is 7.54. The third-order valence-electron chi connectivity index (χ3n) is 7.54. The Kier molecular flexibility index (Phi) is 7.08. The molecule has 8 nitrogen and oxygen atoms in total. The van der Waals surface area contributed by atoms with E-state index >= 15 is 0 Å². The van der Waals surface area contributed by atoms with Crippen molar-refractivity contribution < 1.29 is 23.5 Å². The number of amides is 2. The van der Waals surface area contributed by atoms with Crippen molar-refractivity contribution in [2.24, 2.45) is 5.92 Å². The molecule has 2 aliphatic rings. The van der Waals surface area contributed by atoms with Crippen LogP contribution in [0.4, 0.5) is 5.69 Å². The second-order valence-corrected chi connectivity index (χ2v) is 9.61. The molecule has 8 heteroatoms. The Morgan fingerprint density at radius 3 is 2.35 bits per heavy atom. The monoisotopic (exact) mass is 503 g/mol. The number of benzene rings is 2. The lowest BCUT2D eigenvalue weighted by molar-refractivity contribution is -0.135. The highest BCUT2D eigenvalue weighted by molar-refractivity contribution is 5.93. The molecule has 0 saturated carbocycles. The van der Waals surface area contributed by atoms with Gasteiger partial charge in [0, 0.05) is 56.4 Å². The van der Waals surface area contributed by atoms with Crippen molar-refractivity contribution >= 4 is 17.5 Å². The summed E-state index contributed by atoms with van der Waals surface area (Å²) in [6.07, 6.45) is 1.49. The zero-order valence-corrected chi connectivity index (χ0v) is 21.6. The Hall–Kier alpha value is -3.94. The topological polar surface area (TPSA) is 75.5 Å². The number of rotatable bonds is 6. The number of furan rings is 1. The van der Waals surface area contributed by atoms with Crippen LogP contribution in [-0.2, 0) is 4.79 Å². The van der Waals surface area contributed by atoms with Crippen molar-refractivity contribution in [3.8, 4) is 11.5 Å².